The van der Waals surface area contributed by atoms with Crippen LogP contribution in [0.5, 0.6) is 0 Å². The molecule has 4 rings (SSSR count). The lowest BCUT2D eigenvalue weighted by molar-refractivity contribution is -0.107. The molecule has 2 aliphatic heterocycles. The largest absolute Gasteiger partial charge is 0.375 e. The first-order chi connectivity index (χ1) is 12.7. The van der Waals surface area contributed by atoms with Crippen LogP contribution in [0.3, 0.4) is 0 Å². The van der Waals surface area contributed by atoms with Crippen molar-refractivity contribution in [2.45, 2.75) is 38.6 Å². The number of aromatic nitrogens is 1. The predicted octanol–water partition coefficient (Wildman–Crippen LogP) is 3.00. The van der Waals surface area contributed by atoms with E-state index in [-0.39, 0.29) is 11.9 Å². The van der Waals surface area contributed by atoms with E-state index in [0.717, 1.165) is 50.3 Å². The van der Waals surface area contributed by atoms with Gasteiger partial charge in [0.1, 0.15) is 5.82 Å². The summed E-state index contributed by atoms with van der Waals surface area (Å²) in [7, 11) is 0. The van der Waals surface area contributed by atoms with E-state index >= 15 is 0 Å². The zero-order valence-electron chi connectivity index (χ0n) is 15.3. The van der Waals surface area contributed by atoms with Crippen molar-refractivity contribution in [3.8, 4) is 0 Å². The lowest BCUT2D eigenvalue weighted by Crippen LogP contribution is -2.59. The Labute approximate surface area is 154 Å². The first-order valence-electron chi connectivity index (χ1n) is 9.41. The topological polar surface area (TPSA) is 28.6 Å². The fraction of sp³-hybridized carbons (Fsp3) is 0.476. The molecule has 138 valence electrons. The Balaban J connectivity index is 1.45. The fourth-order valence-electron chi connectivity index (χ4n) is 4.14. The number of hydrogen-bond acceptors (Lipinski definition) is 4. The molecule has 0 N–H and O–H groups in total. The second kappa shape index (κ2) is 7.82. The normalized spacial score (nSPS) is 24.4. The number of pyridine rings is 1. The van der Waals surface area contributed by atoms with Crippen LogP contribution in [-0.2, 0) is 17.8 Å². The van der Waals surface area contributed by atoms with E-state index in [2.05, 4.69) is 20.9 Å². The minimum absolute atomic E-state index is 0.107. The van der Waals surface area contributed by atoms with E-state index in [1.807, 2.05) is 37.5 Å². The van der Waals surface area contributed by atoms with Gasteiger partial charge >= 0.3 is 0 Å². The lowest BCUT2D eigenvalue weighted by atomic mass is 9.97. The van der Waals surface area contributed by atoms with Crippen LogP contribution >= 0.6 is 0 Å². The van der Waals surface area contributed by atoms with Gasteiger partial charge in [-0.3, -0.25) is 14.8 Å². The van der Waals surface area contributed by atoms with Gasteiger partial charge in [0, 0.05) is 56.7 Å². The molecular formula is C21H26FN3O. The molecule has 0 saturated carbocycles. The van der Waals surface area contributed by atoms with Gasteiger partial charge in [0.05, 0.1) is 12.7 Å². The molecule has 2 aromatic rings. The van der Waals surface area contributed by atoms with E-state index in [1.165, 1.54) is 5.56 Å². The van der Waals surface area contributed by atoms with Gasteiger partial charge in [-0.25, -0.2) is 4.39 Å². The van der Waals surface area contributed by atoms with E-state index in [1.54, 1.807) is 6.07 Å². The van der Waals surface area contributed by atoms with Gasteiger partial charge in [0.2, 0.25) is 0 Å². The smallest absolute Gasteiger partial charge is 0.127 e. The maximum Gasteiger partial charge on any atom is 0.127 e. The number of nitrogens with zero attached hydrogens (tertiary/aromatic N) is 3. The molecule has 0 amide bonds. The van der Waals surface area contributed by atoms with Gasteiger partial charge in [-0.05, 0) is 31.0 Å². The number of morpholine rings is 1. The highest BCUT2D eigenvalue weighted by molar-refractivity contribution is 5.24. The van der Waals surface area contributed by atoms with Crippen LogP contribution in [0, 0.1) is 12.7 Å². The molecule has 2 saturated heterocycles. The molecule has 2 aliphatic rings. The lowest BCUT2D eigenvalue weighted by Gasteiger charge is -2.47. The van der Waals surface area contributed by atoms with Gasteiger partial charge in [-0.2, -0.15) is 0 Å². The third-order valence-electron chi connectivity index (χ3n) is 5.49. The predicted molar refractivity (Wildman–Crippen MR) is 99.2 cm³/mol. The maximum atomic E-state index is 14.2. The van der Waals surface area contributed by atoms with Crippen LogP contribution in [-0.4, -0.2) is 53.2 Å². The number of hydrogen-bond donors (Lipinski definition) is 0. The summed E-state index contributed by atoms with van der Waals surface area (Å²) in [6.07, 6.45) is 5.03. The highest BCUT2D eigenvalue weighted by Crippen LogP contribution is 2.26. The Kier molecular flexibility index (Phi) is 5.29. The summed E-state index contributed by atoms with van der Waals surface area (Å²) >= 11 is 0. The zero-order chi connectivity index (χ0) is 17.9. The molecule has 0 bridgehead atoms. The third kappa shape index (κ3) is 3.95. The highest BCUT2D eigenvalue weighted by Gasteiger charge is 2.37. The Morgan fingerprint density at radius 1 is 1.23 bits per heavy atom. The first-order valence-corrected chi connectivity index (χ1v) is 9.41. The van der Waals surface area contributed by atoms with E-state index in [4.69, 9.17) is 4.74 Å². The van der Waals surface area contributed by atoms with Crippen molar-refractivity contribution in [2.75, 3.05) is 26.2 Å². The number of aryl methyl sites for hydroxylation is 1. The van der Waals surface area contributed by atoms with Gasteiger partial charge in [0.25, 0.3) is 0 Å². The molecule has 1 aromatic carbocycles. The molecule has 0 aliphatic carbocycles. The average Bonchev–Trinajstić information content (AvgIpc) is 2.66. The summed E-state index contributed by atoms with van der Waals surface area (Å²) in [5, 5.41) is 0. The van der Waals surface area contributed by atoms with E-state index < -0.39 is 0 Å². The third-order valence-corrected chi connectivity index (χ3v) is 5.49. The minimum atomic E-state index is -0.107. The Morgan fingerprint density at radius 2 is 2.15 bits per heavy atom. The second-order valence-corrected chi connectivity index (χ2v) is 7.43. The first kappa shape index (κ1) is 17.6. The number of fused-ring (bicyclic) bond motifs is 1. The molecule has 4 nitrogen and oxygen atoms in total. The van der Waals surface area contributed by atoms with Gasteiger partial charge in [-0.1, -0.05) is 23.8 Å². The number of ether oxygens (including phenoxy) is 1. The summed E-state index contributed by atoms with van der Waals surface area (Å²) in [6.45, 7) is 7.16. The van der Waals surface area contributed by atoms with E-state index in [9.17, 15) is 4.39 Å². The molecule has 3 heterocycles. The van der Waals surface area contributed by atoms with Crippen LogP contribution in [0.2, 0.25) is 0 Å². The monoisotopic (exact) mass is 355 g/mol. The van der Waals surface area contributed by atoms with E-state index in [0.29, 0.717) is 12.6 Å². The Hall–Kier alpha value is -1.82. The second-order valence-electron chi connectivity index (χ2n) is 7.43. The molecule has 2 atom stereocenters. The SMILES string of the molecule is Cc1ccc(F)c(CN2CC[C@H]3OCCN(Cc4cccnc4)[C@@H]3C2)c1. The zero-order valence-corrected chi connectivity index (χ0v) is 15.3. The highest BCUT2D eigenvalue weighted by atomic mass is 19.1. The van der Waals surface area contributed by atoms with Crippen molar-refractivity contribution in [1.82, 2.24) is 14.8 Å². The van der Waals surface area contributed by atoms with Crippen molar-refractivity contribution >= 4 is 0 Å². The average molecular weight is 355 g/mol. The van der Waals surface area contributed by atoms with Crippen LogP contribution < -0.4 is 0 Å². The number of rotatable bonds is 4. The summed E-state index contributed by atoms with van der Waals surface area (Å²) < 4.78 is 20.2. The Morgan fingerprint density at radius 3 is 3.00 bits per heavy atom. The molecule has 1 aromatic heterocycles. The quantitative estimate of drug-likeness (QED) is 0.843. The van der Waals surface area contributed by atoms with Crippen molar-refractivity contribution in [2.24, 2.45) is 0 Å². The van der Waals surface area contributed by atoms with Gasteiger partial charge < -0.3 is 4.74 Å². The van der Waals surface area contributed by atoms with Gasteiger partial charge in [0.15, 0.2) is 0 Å². The van der Waals surface area contributed by atoms with Crippen LogP contribution in [0.4, 0.5) is 4.39 Å². The van der Waals surface area contributed by atoms with Crippen molar-refractivity contribution < 1.29 is 9.13 Å². The summed E-state index contributed by atoms with van der Waals surface area (Å²) in [5.41, 5.74) is 3.13. The molecule has 2 fully saturated rings. The standard InChI is InChI=1S/C21H26FN3O/c1-16-4-5-19(22)18(11-16)14-24-8-6-21-20(15-24)25(9-10-26-21)13-17-3-2-7-23-12-17/h2-5,7,11-12,20-21H,6,8-10,13-15H2,1H3/t20-,21-/m1/s1. The van der Waals surface area contributed by atoms with Gasteiger partial charge in [-0.15, -0.1) is 0 Å². The van der Waals surface area contributed by atoms with Crippen LogP contribution in [0.15, 0.2) is 42.7 Å². The summed E-state index contributed by atoms with van der Waals surface area (Å²) in [4.78, 5) is 9.10. The van der Waals surface area contributed by atoms with Crippen LogP contribution in [0.25, 0.3) is 0 Å². The number of likely N-dealkylation sites (tertiary alicyclic amines) is 1. The molecule has 5 heteroatoms. The number of halogens is 1. The van der Waals surface area contributed by atoms with Crippen LogP contribution in [0.1, 0.15) is 23.1 Å². The number of piperidine rings is 1. The van der Waals surface area contributed by atoms with Crippen molar-refractivity contribution in [3.05, 3.63) is 65.2 Å². The molecule has 0 radical (unpaired) electrons. The van der Waals surface area contributed by atoms with Crippen molar-refractivity contribution in [3.63, 3.8) is 0 Å². The Bertz CT molecular complexity index is 739. The maximum absolute atomic E-state index is 14.2. The molecule has 0 spiro atoms. The summed E-state index contributed by atoms with van der Waals surface area (Å²) in [5.74, 6) is -0.107. The molecule has 0 unspecified atom stereocenters. The summed E-state index contributed by atoms with van der Waals surface area (Å²) in [6, 6.07) is 9.84. The van der Waals surface area contributed by atoms with Crippen molar-refractivity contribution in [1.29, 1.82) is 0 Å². The number of benzene rings is 1. The fourth-order valence-corrected chi connectivity index (χ4v) is 4.14. The minimum Gasteiger partial charge on any atom is -0.375 e. The molecular weight excluding hydrogens is 329 g/mol. The molecule has 26 heavy (non-hydrogen) atoms.